The third kappa shape index (κ3) is 3.56. The number of ether oxygens (including phenoxy) is 2. The van der Waals surface area contributed by atoms with Gasteiger partial charge in [-0.3, -0.25) is 0 Å². The third-order valence-electron chi connectivity index (χ3n) is 2.64. The highest BCUT2D eigenvalue weighted by atomic mass is 16.5. The zero-order chi connectivity index (χ0) is 13.7. The molecule has 1 heterocycles. The summed E-state index contributed by atoms with van der Waals surface area (Å²) in [6.45, 7) is 4.21. The maximum Gasteiger partial charge on any atom is 0.371 e. The van der Waals surface area contributed by atoms with E-state index in [9.17, 15) is 4.79 Å². The van der Waals surface area contributed by atoms with Crippen molar-refractivity contribution in [3.8, 4) is 0 Å². The minimum absolute atomic E-state index is 0.0515. The van der Waals surface area contributed by atoms with Crippen molar-refractivity contribution in [1.82, 2.24) is 0 Å². The highest BCUT2D eigenvalue weighted by Crippen LogP contribution is 2.21. The summed E-state index contributed by atoms with van der Waals surface area (Å²) in [6.07, 6.45) is 0. The fourth-order valence-electron chi connectivity index (χ4n) is 1.74. The summed E-state index contributed by atoms with van der Waals surface area (Å²) in [5.74, 6) is -1.12. The van der Waals surface area contributed by atoms with Gasteiger partial charge in [0.2, 0.25) is 5.76 Å². The van der Waals surface area contributed by atoms with E-state index in [1.807, 2.05) is 19.1 Å². The Morgan fingerprint density at radius 3 is 2.79 bits per heavy atom. The maximum atomic E-state index is 10.8. The predicted molar refractivity (Wildman–Crippen MR) is 69.3 cm³/mol. The monoisotopic (exact) mass is 264 g/mol. The molecule has 19 heavy (non-hydrogen) atoms. The second kappa shape index (κ2) is 6.36. The Bertz CT molecular complexity index is 558. The van der Waals surface area contributed by atoms with Gasteiger partial charge in [-0.05, 0) is 30.7 Å². The lowest BCUT2D eigenvalue weighted by Gasteiger charge is -2.04. The summed E-state index contributed by atoms with van der Waals surface area (Å²) < 4.78 is 15.8. The largest absolute Gasteiger partial charge is 0.475 e. The summed E-state index contributed by atoms with van der Waals surface area (Å²) in [5, 5.41) is 9.61. The van der Waals surface area contributed by atoms with Crippen molar-refractivity contribution in [2.75, 3.05) is 19.8 Å². The molecule has 1 aromatic heterocycles. The van der Waals surface area contributed by atoms with Gasteiger partial charge < -0.3 is 19.0 Å². The van der Waals surface area contributed by atoms with Gasteiger partial charge in [0.25, 0.3) is 0 Å². The zero-order valence-electron chi connectivity index (χ0n) is 10.7. The molecule has 0 bridgehead atoms. The van der Waals surface area contributed by atoms with Crippen LogP contribution in [0.5, 0.6) is 0 Å². The molecular formula is C14H16O5. The van der Waals surface area contributed by atoms with Crippen LogP contribution in [0.4, 0.5) is 0 Å². The first-order valence-electron chi connectivity index (χ1n) is 6.12. The van der Waals surface area contributed by atoms with Crippen LogP contribution < -0.4 is 0 Å². The van der Waals surface area contributed by atoms with E-state index in [-0.39, 0.29) is 5.76 Å². The number of carboxylic acids is 1. The SMILES string of the molecule is CCOCCOCc1ccc2oc(C(=O)O)cc2c1. The Hall–Kier alpha value is -1.85. The molecule has 2 rings (SSSR count). The van der Waals surface area contributed by atoms with Crippen LogP contribution in [0.1, 0.15) is 23.0 Å². The highest BCUT2D eigenvalue weighted by molar-refractivity contribution is 5.91. The number of fused-ring (bicyclic) bond motifs is 1. The summed E-state index contributed by atoms with van der Waals surface area (Å²) >= 11 is 0. The fourth-order valence-corrected chi connectivity index (χ4v) is 1.74. The number of furan rings is 1. The van der Waals surface area contributed by atoms with Crippen LogP contribution in [0, 0.1) is 0 Å². The third-order valence-corrected chi connectivity index (χ3v) is 2.64. The van der Waals surface area contributed by atoms with Crippen LogP contribution in [0.3, 0.4) is 0 Å². The van der Waals surface area contributed by atoms with Gasteiger partial charge in [-0.15, -0.1) is 0 Å². The Labute approximate surface area is 110 Å². The number of carbonyl (C=O) groups is 1. The Kier molecular flexibility index (Phi) is 4.54. The van der Waals surface area contributed by atoms with Gasteiger partial charge in [0.05, 0.1) is 19.8 Å². The summed E-state index contributed by atoms with van der Waals surface area (Å²) in [5.41, 5.74) is 1.54. The summed E-state index contributed by atoms with van der Waals surface area (Å²) in [7, 11) is 0. The van der Waals surface area contributed by atoms with E-state index >= 15 is 0 Å². The molecule has 5 nitrogen and oxygen atoms in total. The number of hydrogen-bond donors (Lipinski definition) is 1. The van der Waals surface area contributed by atoms with Crippen molar-refractivity contribution in [2.24, 2.45) is 0 Å². The number of hydrogen-bond acceptors (Lipinski definition) is 4. The number of rotatable bonds is 7. The van der Waals surface area contributed by atoms with Gasteiger partial charge in [0.1, 0.15) is 5.58 Å². The van der Waals surface area contributed by atoms with Crippen LogP contribution in [-0.4, -0.2) is 30.9 Å². The van der Waals surface area contributed by atoms with Gasteiger partial charge in [-0.25, -0.2) is 4.79 Å². The normalized spacial score (nSPS) is 11.0. The Balaban J connectivity index is 1.98. The summed E-state index contributed by atoms with van der Waals surface area (Å²) in [4.78, 5) is 10.8. The lowest BCUT2D eigenvalue weighted by Crippen LogP contribution is -2.03. The van der Waals surface area contributed by atoms with Crippen molar-refractivity contribution in [3.63, 3.8) is 0 Å². The van der Waals surface area contributed by atoms with Crippen LogP contribution in [-0.2, 0) is 16.1 Å². The van der Waals surface area contributed by atoms with Crippen molar-refractivity contribution in [1.29, 1.82) is 0 Å². The first-order chi connectivity index (χ1) is 9.20. The minimum Gasteiger partial charge on any atom is -0.475 e. The molecule has 0 radical (unpaired) electrons. The van der Waals surface area contributed by atoms with E-state index in [2.05, 4.69) is 0 Å². The number of carboxylic acid groups (broad SMARTS) is 1. The molecule has 0 atom stereocenters. The van der Waals surface area contributed by atoms with E-state index in [1.54, 1.807) is 6.07 Å². The van der Waals surface area contributed by atoms with Gasteiger partial charge in [0, 0.05) is 12.0 Å². The fraction of sp³-hybridized carbons (Fsp3) is 0.357. The molecule has 102 valence electrons. The van der Waals surface area contributed by atoms with E-state index in [1.165, 1.54) is 6.07 Å². The molecule has 0 aliphatic carbocycles. The van der Waals surface area contributed by atoms with Crippen LogP contribution in [0.15, 0.2) is 28.7 Å². The Morgan fingerprint density at radius 1 is 1.26 bits per heavy atom. The smallest absolute Gasteiger partial charge is 0.371 e. The number of benzene rings is 1. The molecule has 0 aliphatic heterocycles. The zero-order valence-corrected chi connectivity index (χ0v) is 10.7. The molecule has 2 aromatic rings. The Morgan fingerprint density at radius 2 is 2.05 bits per heavy atom. The predicted octanol–water partition coefficient (Wildman–Crippen LogP) is 2.68. The molecule has 0 fully saturated rings. The molecular weight excluding hydrogens is 248 g/mol. The average molecular weight is 264 g/mol. The molecule has 0 amide bonds. The molecule has 0 saturated heterocycles. The standard InChI is InChI=1S/C14H16O5/c1-2-17-5-6-18-9-10-3-4-12-11(7-10)8-13(19-12)14(15)16/h3-4,7-8H,2,5-6,9H2,1H3,(H,15,16). The first-order valence-corrected chi connectivity index (χ1v) is 6.12. The molecule has 0 saturated carbocycles. The molecule has 0 spiro atoms. The minimum atomic E-state index is -1.06. The van der Waals surface area contributed by atoms with Gasteiger partial charge in [-0.2, -0.15) is 0 Å². The van der Waals surface area contributed by atoms with Crippen LogP contribution >= 0.6 is 0 Å². The molecule has 1 N–H and O–H groups in total. The highest BCUT2D eigenvalue weighted by Gasteiger charge is 2.10. The molecule has 5 heteroatoms. The number of aromatic carboxylic acids is 1. The topological polar surface area (TPSA) is 68.9 Å². The summed E-state index contributed by atoms with van der Waals surface area (Å²) in [6, 6.07) is 6.99. The van der Waals surface area contributed by atoms with E-state index in [0.717, 1.165) is 10.9 Å². The average Bonchev–Trinajstić information content (AvgIpc) is 2.82. The van der Waals surface area contributed by atoms with E-state index in [4.69, 9.17) is 19.0 Å². The maximum absolute atomic E-state index is 10.8. The lowest BCUT2D eigenvalue weighted by molar-refractivity contribution is 0.0453. The van der Waals surface area contributed by atoms with Crippen molar-refractivity contribution < 1.29 is 23.8 Å². The van der Waals surface area contributed by atoms with Crippen LogP contribution in [0.25, 0.3) is 11.0 Å². The van der Waals surface area contributed by atoms with Crippen molar-refractivity contribution in [2.45, 2.75) is 13.5 Å². The lowest BCUT2D eigenvalue weighted by atomic mass is 10.2. The second-order valence-electron chi connectivity index (χ2n) is 4.04. The van der Waals surface area contributed by atoms with Gasteiger partial charge in [0.15, 0.2) is 0 Å². The molecule has 0 unspecified atom stereocenters. The van der Waals surface area contributed by atoms with Crippen molar-refractivity contribution in [3.05, 3.63) is 35.6 Å². The van der Waals surface area contributed by atoms with Gasteiger partial charge >= 0.3 is 5.97 Å². The first kappa shape index (κ1) is 13.6. The van der Waals surface area contributed by atoms with Crippen LogP contribution in [0.2, 0.25) is 0 Å². The van der Waals surface area contributed by atoms with Gasteiger partial charge in [-0.1, -0.05) is 6.07 Å². The molecule has 0 aliphatic rings. The quantitative estimate of drug-likeness (QED) is 0.779. The van der Waals surface area contributed by atoms with E-state index in [0.29, 0.717) is 32.0 Å². The van der Waals surface area contributed by atoms with Crippen molar-refractivity contribution >= 4 is 16.9 Å². The molecule has 1 aromatic carbocycles. The second-order valence-corrected chi connectivity index (χ2v) is 4.04. The van der Waals surface area contributed by atoms with E-state index < -0.39 is 5.97 Å².